The Balaban J connectivity index is 1.51. The minimum atomic E-state index is -0.681. The highest BCUT2D eigenvalue weighted by Gasteiger charge is 2.45. The lowest BCUT2D eigenvalue weighted by Crippen LogP contribution is -2.31. The van der Waals surface area contributed by atoms with Gasteiger partial charge in [0.25, 0.3) is 11.7 Å². The number of hydrogen-bond acceptors (Lipinski definition) is 6. The van der Waals surface area contributed by atoms with E-state index in [4.69, 9.17) is 4.74 Å². The summed E-state index contributed by atoms with van der Waals surface area (Å²) in [7, 11) is 0. The van der Waals surface area contributed by atoms with Gasteiger partial charge in [-0.3, -0.25) is 14.6 Å². The molecule has 0 aliphatic carbocycles. The summed E-state index contributed by atoms with van der Waals surface area (Å²) in [5, 5.41) is 11.2. The van der Waals surface area contributed by atoms with Crippen molar-refractivity contribution in [2.45, 2.75) is 38.5 Å². The van der Waals surface area contributed by atoms with Crippen molar-refractivity contribution in [3.05, 3.63) is 83.7 Å². The number of ketones is 1. The van der Waals surface area contributed by atoms with Gasteiger partial charge in [0.05, 0.1) is 17.9 Å². The summed E-state index contributed by atoms with van der Waals surface area (Å²) in [5.41, 5.74) is 2.30. The number of likely N-dealkylation sites (tertiary alicyclic amines) is 1. The first-order valence-corrected chi connectivity index (χ1v) is 11.0. The molecule has 1 N–H and O–H groups in total. The second-order valence-corrected chi connectivity index (χ2v) is 8.38. The summed E-state index contributed by atoms with van der Waals surface area (Å²) in [4.78, 5) is 35.8. The summed E-state index contributed by atoms with van der Waals surface area (Å²) >= 11 is 0. The molecule has 0 bridgehead atoms. The van der Waals surface area contributed by atoms with E-state index in [9.17, 15) is 14.7 Å². The van der Waals surface area contributed by atoms with Crippen molar-refractivity contribution in [2.75, 3.05) is 6.54 Å². The van der Waals surface area contributed by atoms with Crippen molar-refractivity contribution in [3.8, 4) is 5.75 Å². The van der Waals surface area contributed by atoms with Crippen molar-refractivity contribution in [2.24, 2.45) is 0 Å². The van der Waals surface area contributed by atoms with Crippen LogP contribution in [-0.2, 0) is 22.6 Å². The molecule has 0 radical (unpaired) electrons. The molecule has 8 heteroatoms. The van der Waals surface area contributed by atoms with E-state index in [1.165, 1.54) is 0 Å². The number of aromatic nitrogens is 3. The number of nitrogens with zero attached hydrogens (tertiary/aromatic N) is 4. The lowest BCUT2D eigenvalue weighted by atomic mass is 9.95. The summed E-state index contributed by atoms with van der Waals surface area (Å²) < 4.78 is 7.67. The van der Waals surface area contributed by atoms with Gasteiger partial charge < -0.3 is 19.3 Å². The van der Waals surface area contributed by atoms with Gasteiger partial charge >= 0.3 is 0 Å². The topological polar surface area (TPSA) is 97.6 Å². The van der Waals surface area contributed by atoms with Gasteiger partial charge in [0.1, 0.15) is 17.6 Å². The number of ether oxygens (including phenoxy) is 1. The van der Waals surface area contributed by atoms with Crippen LogP contribution in [0.15, 0.2) is 67.0 Å². The minimum absolute atomic E-state index is 0.0651. The molecule has 1 fully saturated rings. The van der Waals surface area contributed by atoms with Gasteiger partial charge in [-0.25, -0.2) is 4.98 Å². The van der Waals surface area contributed by atoms with Gasteiger partial charge in [-0.05, 0) is 54.8 Å². The van der Waals surface area contributed by atoms with Crippen LogP contribution in [0.25, 0.3) is 5.76 Å². The Morgan fingerprint density at radius 2 is 1.94 bits per heavy atom. The van der Waals surface area contributed by atoms with Gasteiger partial charge in [-0.15, -0.1) is 0 Å². The number of imidazole rings is 1. The third kappa shape index (κ3) is 3.88. The Hall–Kier alpha value is -3.94. The molecule has 1 saturated heterocycles. The van der Waals surface area contributed by atoms with Crippen LogP contribution in [-0.4, -0.2) is 48.9 Å². The van der Waals surface area contributed by atoms with Gasteiger partial charge in [-0.2, -0.15) is 0 Å². The van der Waals surface area contributed by atoms with E-state index in [0.29, 0.717) is 25.1 Å². The van der Waals surface area contributed by atoms with Crippen LogP contribution in [0.2, 0.25) is 0 Å². The van der Waals surface area contributed by atoms with Crippen molar-refractivity contribution in [3.63, 3.8) is 0 Å². The van der Waals surface area contributed by atoms with Crippen molar-refractivity contribution < 1.29 is 19.4 Å². The monoisotopic (exact) mass is 444 g/mol. The zero-order chi connectivity index (χ0) is 22.9. The first-order chi connectivity index (χ1) is 16.0. The summed E-state index contributed by atoms with van der Waals surface area (Å²) in [5.74, 6) is -0.677. The number of pyridine rings is 1. The van der Waals surface area contributed by atoms with E-state index in [-0.39, 0.29) is 17.4 Å². The van der Waals surface area contributed by atoms with Crippen molar-refractivity contribution in [1.82, 2.24) is 19.4 Å². The van der Waals surface area contributed by atoms with Crippen LogP contribution in [0.5, 0.6) is 5.75 Å². The van der Waals surface area contributed by atoms with Gasteiger partial charge in [0.2, 0.25) is 0 Å². The van der Waals surface area contributed by atoms with E-state index >= 15 is 0 Å². The number of carbonyl (C=O) groups is 2. The number of fused-ring (bicyclic) bond motifs is 1. The number of carbonyl (C=O) groups excluding carboxylic acids is 2. The summed E-state index contributed by atoms with van der Waals surface area (Å²) in [6, 6.07) is 8.22. The third-order valence-corrected chi connectivity index (χ3v) is 6.11. The molecule has 8 nitrogen and oxygen atoms in total. The fourth-order valence-electron chi connectivity index (χ4n) is 4.57. The molecule has 0 saturated carbocycles. The Bertz CT molecular complexity index is 1220. The molecule has 2 atom stereocenters. The Morgan fingerprint density at radius 1 is 1.12 bits per heavy atom. The summed E-state index contributed by atoms with van der Waals surface area (Å²) in [6.45, 7) is 3.01. The maximum Gasteiger partial charge on any atom is 0.295 e. The lowest BCUT2D eigenvalue weighted by molar-refractivity contribution is -0.139. The average Bonchev–Trinajstić information content (AvgIpc) is 3.53. The maximum absolute atomic E-state index is 13.1. The van der Waals surface area contributed by atoms with Crippen LogP contribution < -0.4 is 4.74 Å². The first kappa shape index (κ1) is 20.9. The van der Waals surface area contributed by atoms with Gasteiger partial charge in [-0.1, -0.05) is 0 Å². The summed E-state index contributed by atoms with van der Waals surface area (Å²) in [6.07, 6.45) is 9.94. The normalized spacial score (nSPS) is 21.3. The Kier molecular flexibility index (Phi) is 5.42. The SMILES string of the molecule is C[C@H]1Cc2cc(/C(O)=C3\C(=O)C(=O)N(CCCn4ccnc4)[C@@H]3c3ccncc3)ccc2O1. The third-order valence-electron chi connectivity index (χ3n) is 6.11. The van der Waals surface area contributed by atoms with Crippen molar-refractivity contribution in [1.29, 1.82) is 0 Å². The Morgan fingerprint density at radius 3 is 2.70 bits per heavy atom. The first-order valence-electron chi connectivity index (χ1n) is 11.0. The standard InChI is InChI=1S/C25H24N4O4/c1-16-13-19-14-18(3-4-20(19)33-16)23(30)21-22(17-5-7-26-8-6-17)29(25(32)24(21)31)11-2-10-28-12-9-27-15-28/h3-9,12,14-16,22,30H,2,10-11,13H2,1H3/b23-21+/t16-,22+/m0/s1. The fraction of sp³-hybridized carbons (Fsp3) is 0.280. The Labute approximate surface area is 191 Å². The lowest BCUT2D eigenvalue weighted by Gasteiger charge is -2.25. The number of rotatable bonds is 6. The van der Waals surface area contributed by atoms with Crippen LogP contribution in [0, 0.1) is 0 Å². The molecule has 5 rings (SSSR count). The predicted octanol–water partition coefficient (Wildman–Crippen LogP) is 3.11. The molecule has 1 amide bonds. The molecule has 33 heavy (non-hydrogen) atoms. The minimum Gasteiger partial charge on any atom is -0.507 e. The van der Waals surface area contributed by atoms with Crippen LogP contribution in [0.4, 0.5) is 0 Å². The molecule has 0 unspecified atom stereocenters. The number of Topliss-reactive ketones (excluding diaryl/α,β-unsaturated/α-hetero) is 1. The quantitative estimate of drug-likeness (QED) is 0.356. The highest BCUT2D eigenvalue weighted by atomic mass is 16.5. The number of aryl methyl sites for hydroxylation is 1. The second kappa shape index (κ2) is 8.54. The molecular formula is C25H24N4O4. The molecule has 2 aliphatic heterocycles. The molecule has 3 aromatic rings. The predicted molar refractivity (Wildman–Crippen MR) is 120 cm³/mol. The van der Waals surface area contributed by atoms with Crippen LogP contribution in [0.3, 0.4) is 0 Å². The van der Waals surface area contributed by atoms with E-state index in [1.807, 2.05) is 23.8 Å². The number of amides is 1. The fourth-order valence-corrected chi connectivity index (χ4v) is 4.57. The van der Waals surface area contributed by atoms with Crippen LogP contribution in [0.1, 0.15) is 36.1 Å². The second-order valence-electron chi connectivity index (χ2n) is 8.38. The van der Waals surface area contributed by atoms with E-state index in [1.54, 1.807) is 54.1 Å². The molecular weight excluding hydrogens is 420 g/mol. The molecule has 0 spiro atoms. The highest BCUT2D eigenvalue weighted by molar-refractivity contribution is 6.46. The van der Waals surface area contributed by atoms with Crippen molar-refractivity contribution >= 4 is 17.4 Å². The van der Waals surface area contributed by atoms with Gasteiger partial charge in [0, 0.05) is 49.9 Å². The highest BCUT2D eigenvalue weighted by Crippen LogP contribution is 2.40. The molecule has 2 aromatic heterocycles. The van der Waals surface area contributed by atoms with Gasteiger partial charge in [0.15, 0.2) is 0 Å². The zero-order valence-corrected chi connectivity index (χ0v) is 18.2. The van der Waals surface area contributed by atoms with E-state index in [2.05, 4.69) is 9.97 Å². The average molecular weight is 444 g/mol. The molecule has 1 aromatic carbocycles. The number of benzene rings is 1. The van der Waals surface area contributed by atoms with Crippen LogP contribution >= 0.6 is 0 Å². The smallest absolute Gasteiger partial charge is 0.295 e. The number of aliphatic hydroxyl groups is 1. The maximum atomic E-state index is 13.1. The number of aliphatic hydroxyl groups excluding tert-OH is 1. The van der Waals surface area contributed by atoms with E-state index in [0.717, 1.165) is 23.3 Å². The molecule has 4 heterocycles. The zero-order valence-electron chi connectivity index (χ0n) is 18.2. The largest absolute Gasteiger partial charge is 0.507 e. The number of hydrogen-bond donors (Lipinski definition) is 1. The molecule has 2 aliphatic rings. The van der Waals surface area contributed by atoms with E-state index < -0.39 is 17.7 Å². The molecule has 168 valence electrons.